The van der Waals surface area contributed by atoms with Crippen LogP contribution in [0, 0.1) is 4.64 Å². The molecule has 1 heterocycles. The lowest BCUT2D eigenvalue weighted by molar-refractivity contribution is -0.274. The standard InChI is InChI=1S/C14H13F3N2OS/c1-8(2)13-18-11(7-12(21)19-13)9-4-3-5-10(6-9)20-14(15,16)17/h3-8H,1-2H3,(H,18,19,21). The molecule has 0 bridgehead atoms. The number of nitrogens with zero attached hydrogens (tertiary/aromatic N) is 1. The van der Waals surface area contributed by atoms with Crippen molar-refractivity contribution in [1.29, 1.82) is 0 Å². The maximum Gasteiger partial charge on any atom is 0.573 e. The van der Waals surface area contributed by atoms with Gasteiger partial charge in [0.2, 0.25) is 0 Å². The van der Waals surface area contributed by atoms with Gasteiger partial charge in [-0.15, -0.1) is 13.2 Å². The number of hydrogen-bond donors (Lipinski definition) is 1. The van der Waals surface area contributed by atoms with Gasteiger partial charge < -0.3 is 9.72 Å². The highest BCUT2D eigenvalue weighted by molar-refractivity contribution is 7.71. The van der Waals surface area contributed by atoms with Crippen molar-refractivity contribution in [2.24, 2.45) is 0 Å². The van der Waals surface area contributed by atoms with Crippen LogP contribution in [0.15, 0.2) is 30.3 Å². The van der Waals surface area contributed by atoms with Crippen LogP contribution in [0.25, 0.3) is 11.3 Å². The topological polar surface area (TPSA) is 37.9 Å². The molecule has 0 atom stereocenters. The van der Waals surface area contributed by atoms with Crippen LogP contribution in [-0.2, 0) is 0 Å². The lowest BCUT2D eigenvalue weighted by Gasteiger charge is -2.11. The Balaban J connectivity index is 2.43. The maximum atomic E-state index is 12.3. The number of ether oxygens (including phenoxy) is 1. The number of nitrogens with one attached hydrogen (secondary N) is 1. The van der Waals surface area contributed by atoms with E-state index in [0.717, 1.165) is 0 Å². The third kappa shape index (κ3) is 4.29. The summed E-state index contributed by atoms with van der Waals surface area (Å²) in [4.78, 5) is 7.27. The Morgan fingerprint density at radius 1 is 1.24 bits per heavy atom. The van der Waals surface area contributed by atoms with Crippen molar-refractivity contribution in [3.05, 3.63) is 40.8 Å². The van der Waals surface area contributed by atoms with E-state index in [1.165, 1.54) is 18.2 Å². The van der Waals surface area contributed by atoms with E-state index in [9.17, 15) is 13.2 Å². The van der Waals surface area contributed by atoms with Crippen molar-refractivity contribution in [1.82, 2.24) is 9.97 Å². The van der Waals surface area contributed by atoms with Gasteiger partial charge in [-0.25, -0.2) is 4.98 Å². The fourth-order valence-corrected chi connectivity index (χ4v) is 1.98. The first-order valence-corrected chi connectivity index (χ1v) is 6.63. The molecule has 0 fully saturated rings. The molecule has 1 N–H and O–H groups in total. The molecular formula is C14H13F3N2OS. The number of alkyl halides is 3. The Bertz CT molecular complexity index is 695. The van der Waals surface area contributed by atoms with Crippen molar-refractivity contribution in [2.45, 2.75) is 26.1 Å². The monoisotopic (exact) mass is 314 g/mol. The highest BCUT2D eigenvalue weighted by Gasteiger charge is 2.31. The molecule has 1 aromatic carbocycles. The molecule has 3 nitrogen and oxygen atoms in total. The van der Waals surface area contributed by atoms with Gasteiger partial charge in [0.1, 0.15) is 16.2 Å². The van der Waals surface area contributed by atoms with E-state index < -0.39 is 6.36 Å². The first-order valence-electron chi connectivity index (χ1n) is 6.22. The van der Waals surface area contributed by atoms with E-state index in [1.54, 1.807) is 12.1 Å². The average molecular weight is 314 g/mol. The molecule has 0 saturated heterocycles. The van der Waals surface area contributed by atoms with Crippen LogP contribution >= 0.6 is 12.2 Å². The van der Waals surface area contributed by atoms with Crippen molar-refractivity contribution >= 4 is 12.2 Å². The van der Waals surface area contributed by atoms with Crippen LogP contribution in [0.5, 0.6) is 5.75 Å². The Morgan fingerprint density at radius 2 is 1.95 bits per heavy atom. The fourth-order valence-electron chi connectivity index (χ4n) is 1.77. The highest BCUT2D eigenvalue weighted by Crippen LogP contribution is 2.27. The van der Waals surface area contributed by atoms with Gasteiger partial charge in [-0.05, 0) is 18.2 Å². The molecule has 112 valence electrons. The van der Waals surface area contributed by atoms with Crippen LogP contribution in [-0.4, -0.2) is 16.3 Å². The summed E-state index contributed by atoms with van der Waals surface area (Å²) in [7, 11) is 0. The number of rotatable bonds is 3. The summed E-state index contributed by atoms with van der Waals surface area (Å²) in [5, 5.41) is 0. The van der Waals surface area contributed by atoms with Gasteiger partial charge in [-0.1, -0.05) is 38.2 Å². The van der Waals surface area contributed by atoms with Crippen LogP contribution < -0.4 is 4.74 Å². The van der Waals surface area contributed by atoms with E-state index in [1.807, 2.05) is 13.8 Å². The lowest BCUT2D eigenvalue weighted by Crippen LogP contribution is -2.17. The minimum absolute atomic E-state index is 0.126. The molecule has 0 radical (unpaired) electrons. The SMILES string of the molecule is CC(C)c1nc(=S)cc(-c2cccc(OC(F)(F)F)c2)[nH]1. The number of H-pyrrole nitrogens is 1. The Morgan fingerprint density at radius 3 is 2.57 bits per heavy atom. The summed E-state index contributed by atoms with van der Waals surface area (Å²) in [6.07, 6.45) is -4.72. The molecule has 1 aromatic heterocycles. The maximum absolute atomic E-state index is 12.3. The molecule has 0 spiro atoms. The molecule has 0 unspecified atom stereocenters. The molecular weight excluding hydrogens is 301 g/mol. The predicted octanol–water partition coefficient (Wildman–Crippen LogP) is 4.83. The van der Waals surface area contributed by atoms with Gasteiger partial charge in [0, 0.05) is 17.2 Å². The smallest absolute Gasteiger partial charge is 0.406 e. The van der Waals surface area contributed by atoms with Crippen LogP contribution in [0.4, 0.5) is 13.2 Å². The van der Waals surface area contributed by atoms with E-state index in [0.29, 0.717) is 21.7 Å². The zero-order chi connectivity index (χ0) is 15.6. The molecule has 0 amide bonds. The van der Waals surface area contributed by atoms with Crippen LogP contribution in [0.3, 0.4) is 0 Å². The first kappa shape index (κ1) is 15.5. The third-order valence-corrected chi connectivity index (χ3v) is 2.90. The van der Waals surface area contributed by atoms with E-state index in [-0.39, 0.29) is 11.7 Å². The van der Waals surface area contributed by atoms with E-state index in [4.69, 9.17) is 12.2 Å². The zero-order valence-electron chi connectivity index (χ0n) is 11.4. The summed E-state index contributed by atoms with van der Waals surface area (Å²) in [6, 6.07) is 7.32. The summed E-state index contributed by atoms with van der Waals surface area (Å²) in [5.74, 6) is 0.531. The summed E-state index contributed by atoms with van der Waals surface area (Å²) in [6.45, 7) is 3.89. The van der Waals surface area contributed by atoms with E-state index >= 15 is 0 Å². The Hall–Kier alpha value is -1.89. The second kappa shape index (κ2) is 5.85. The molecule has 0 aliphatic heterocycles. The first-order chi connectivity index (χ1) is 9.74. The average Bonchev–Trinajstić information content (AvgIpc) is 2.36. The number of hydrogen-bond acceptors (Lipinski definition) is 3. The van der Waals surface area contributed by atoms with Gasteiger partial charge in [0.15, 0.2) is 0 Å². The molecule has 0 aliphatic carbocycles. The van der Waals surface area contributed by atoms with Crippen molar-refractivity contribution in [3.63, 3.8) is 0 Å². The normalized spacial score (nSPS) is 11.7. The number of aromatic nitrogens is 2. The number of benzene rings is 1. The van der Waals surface area contributed by atoms with Gasteiger partial charge in [0.05, 0.1) is 0 Å². The lowest BCUT2D eigenvalue weighted by atomic mass is 10.1. The second-order valence-electron chi connectivity index (χ2n) is 4.75. The summed E-state index contributed by atoms with van der Waals surface area (Å²) >= 11 is 5.08. The van der Waals surface area contributed by atoms with Crippen LogP contribution in [0.2, 0.25) is 0 Å². The molecule has 0 aliphatic rings. The zero-order valence-corrected chi connectivity index (χ0v) is 12.2. The van der Waals surface area contributed by atoms with Crippen molar-refractivity contribution in [3.8, 4) is 17.0 Å². The van der Waals surface area contributed by atoms with Crippen LogP contribution in [0.1, 0.15) is 25.6 Å². The largest absolute Gasteiger partial charge is 0.573 e. The van der Waals surface area contributed by atoms with E-state index in [2.05, 4.69) is 14.7 Å². The minimum Gasteiger partial charge on any atom is -0.406 e. The quantitative estimate of drug-likeness (QED) is 0.825. The number of halogens is 3. The minimum atomic E-state index is -4.72. The van der Waals surface area contributed by atoms with Gasteiger partial charge >= 0.3 is 6.36 Å². The predicted molar refractivity (Wildman–Crippen MR) is 75.6 cm³/mol. The summed E-state index contributed by atoms with van der Waals surface area (Å²) < 4.78 is 41.1. The highest BCUT2D eigenvalue weighted by atomic mass is 32.1. The second-order valence-corrected chi connectivity index (χ2v) is 5.17. The Labute approximate surface area is 124 Å². The summed E-state index contributed by atoms with van der Waals surface area (Å²) in [5.41, 5.74) is 1.15. The van der Waals surface area contributed by atoms with Crippen molar-refractivity contribution < 1.29 is 17.9 Å². The van der Waals surface area contributed by atoms with Gasteiger partial charge in [0.25, 0.3) is 0 Å². The molecule has 0 saturated carbocycles. The molecule has 2 aromatic rings. The van der Waals surface area contributed by atoms with Gasteiger partial charge in [-0.2, -0.15) is 0 Å². The molecule has 21 heavy (non-hydrogen) atoms. The number of aromatic amines is 1. The van der Waals surface area contributed by atoms with Crippen molar-refractivity contribution in [2.75, 3.05) is 0 Å². The molecule has 2 rings (SSSR count). The fraction of sp³-hybridized carbons (Fsp3) is 0.286. The molecule has 7 heteroatoms. The third-order valence-electron chi connectivity index (χ3n) is 2.69. The van der Waals surface area contributed by atoms with Gasteiger partial charge in [-0.3, -0.25) is 0 Å². The Kier molecular flexibility index (Phi) is 4.32.